The van der Waals surface area contributed by atoms with Crippen molar-refractivity contribution in [1.29, 1.82) is 0 Å². The van der Waals surface area contributed by atoms with E-state index in [0.717, 1.165) is 49.8 Å². The molecule has 0 N–H and O–H groups in total. The first-order valence-corrected chi connectivity index (χ1v) is 20.0. The van der Waals surface area contributed by atoms with Crippen LogP contribution in [0, 0.1) is 0 Å². The molecule has 1 spiro atoms. The van der Waals surface area contributed by atoms with Crippen molar-refractivity contribution in [1.82, 2.24) is 15.0 Å². The topological polar surface area (TPSA) is 51.8 Å². The van der Waals surface area contributed by atoms with Gasteiger partial charge in [0.25, 0.3) is 0 Å². The third-order valence-corrected chi connectivity index (χ3v) is 12.8. The second-order valence-electron chi connectivity index (χ2n) is 14.7. The third kappa shape index (κ3) is 4.79. The summed E-state index contributed by atoms with van der Waals surface area (Å²) in [6.45, 7) is 0. The summed E-state index contributed by atoms with van der Waals surface area (Å²) in [6.07, 6.45) is 0. The number of aromatic nitrogens is 3. The average molecular weight is 746 g/mol. The fourth-order valence-electron chi connectivity index (χ4n) is 9.16. The van der Waals surface area contributed by atoms with Crippen LogP contribution >= 0.6 is 11.8 Å². The van der Waals surface area contributed by atoms with Crippen LogP contribution in [0.15, 0.2) is 202 Å². The fraction of sp³-hybridized carbons (Fsp3) is 0.0192. The van der Waals surface area contributed by atoms with Crippen molar-refractivity contribution in [3.05, 3.63) is 210 Å². The number of benzene rings is 8. The normalized spacial score (nSPS) is 13.3. The van der Waals surface area contributed by atoms with Gasteiger partial charge in [-0.15, -0.1) is 0 Å². The van der Waals surface area contributed by atoms with E-state index in [1.807, 2.05) is 84.6 Å². The highest BCUT2D eigenvalue weighted by Crippen LogP contribution is 2.62. The fourth-order valence-corrected chi connectivity index (χ4v) is 10.3. The van der Waals surface area contributed by atoms with Gasteiger partial charge in [0.2, 0.25) is 0 Å². The van der Waals surface area contributed by atoms with Gasteiger partial charge in [0.1, 0.15) is 11.2 Å². The Kier molecular flexibility index (Phi) is 7.04. The lowest BCUT2D eigenvalue weighted by Crippen LogP contribution is -2.31. The van der Waals surface area contributed by atoms with Crippen molar-refractivity contribution in [2.24, 2.45) is 0 Å². The lowest BCUT2D eigenvalue weighted by Gasteiger charge is -2.39. The van der Waals surface area contributed by atoms with Crippen molar-refractivity contribution in [2.75, 3.05) is 0 Å². The Morgan fingerprint density at radius 3 is 1.61 bits per heavy atom. The molecule has 10 aromatic rings. The molecular weight excluding hydrogens is 715 g/mol. The molecule has 0 bridgehead atoms. The van der Waals surface area contributed by atoms with Crippen molar-refractivity contribution >= 4 is 33.7 Å². The number of rotatable bonds is 4. The first-order chi connectivity index (χ1) is 28.2. The molecule has 0 saturated carbocycles. The van der Waals surface area contributed by atoms with Crippen molar-refractivity contribution < 1.29 is 4.42 Å². The summed E-state index contributed by atoms with van der Waals surface area (Å²) < 4.78 is 6.55. The van der Waals surface area contributed by atoms with E-state index in [1.54, 1.807) is 0 Å². The van der Waals surface area contributed by atoms with Gasteiger partial charge >= 0.3 is 0 Å². The Labute approximate surface area is 333 Å². The maximum absolute atomic E-state index is 6.55. The summed E-state index contributed by atoms with van der Waals surface area (Å²) in [4.78, 5) is 17.7. The number of hydrogen-bond acceptors (Lipinski definition) is 5. The minimum atomic E-state index is -0.439. The van der Waals surface area contributed by atoms with Crippen LogP contribution in [0.1, 0.15) is 22.3 Å². The zero-order valence-electron chi connectivity index (χ0n) is 30.6. The third-order valence-electron chi connectivity index (χ3n) is 11.6. The van der Waals surface area contributed by atoms with Crippen LogP contribution in [0.4, 0.5) is 0 Å². The molecule has 4 nitrogen and oxygen atoms in total. The highest BCUT2D eigenvalue weighted by molar-refractivity contribution is 7.99. The van der Waals surface area contributed by atoms with Gasteiger partial charge in [0, 0.05) is 37.3 Å². The minimum absolute atomic E-state index is 0.439. The predicted octanol–water partition coefficient (Wildman–Crippen LogP) is 13.3. The van der Waals surface area contributed by atoms with E-state index in [2.05, 4.69) is 115 Å². The molecule has 57 heavy (non-hydrogen) atoms. The van der Waals surface area contributed by atoms with Gasteiger partial charge in [-0.05, 0) is 80.9 Å². The summed E-state index contributed by atoms with van der Waals surface area (Å²) in [7, 11) is 0. The van der Waals surface area contributed by atoms with Gasteiger partial charge in [-0.1, -0.05) is 163 Å². The van der Waals surface area contributed by atoms with E-state index in [1.165, 1.54) is 43.2 Å². The van der Waals surface area contributed by atoms with Gasteiger partial charge < -0.3 is 4.42 Å². The standard InChI is InChI=1S/C52H31N3OS/c1-3-14-32(15-4-1)49-53-50(33-16-5-2-6-17-33)55-51(54-49)38-19-13-23-45-48(38)39-30-34(27-29-44(39)56-45)35-26-28-37-36-18-7-8-20-40(36)52(43(37)31-35)41-21-9-11-24-46(41)57-47-25-12-10-22-42(47)52/h1-31H. The highest BCUT2D eigenvalue weighted by Gasteiger charge is 2.50. The molecule has 2 aliphatic rings. The van der Waals surface area contributed by atoms with Crippen LogP contribution in [-0.4, -0.2) is 15.0 Å². The highest BCUT2D eigenvalue weighted by atomic mass is 32.2. The van der Waals surface area contributed by atoms with E-state index >= 15 is 0 Å². The Morgan fingerprint density at radius 2 is 0.912 bits per heavy atom. The zero-order chi connectivity index (χ0) is 37.5. The van der Waals surface area contributed by atoms with Crippen LogP contribution in [0.3, 0.4) is 0 Å². The molecule has 266 valence electrons. The van der Waals surface area contributed by atoms with Crippen LogP contribution in [0.25, 0.3) is 78.4 Å². The molecule has 0 unspecified atom stereocenters. The van der Waals surface area contributed by atoms with E-state index in [9.17, 15) is 0 Å². The second-order valence-corrected chi connectivity index (χ2v) is 15.8. The van der Waals surface area contributed by atoms with Gasteiger partial charge in [-0.2, -0.15) is 0 Å². The maximum Gasteiger partial charge on any atom is 0.164 e. The zero-order valence-corrected chi connectivity index (χ0v) is 31.4. The Hall–Kier alpha value is -7.08. The van der Waals surface area contributed by atoms with E-state index < -0.39 is 5.41 Å². The lowest BCUT2D eigenvalue weighted by molar-refractivity contribution is 0.669. The molecule has 8 aromatic carbocycles. The number of furan rings is 1. The summed E-state index contributed by atoms with van der Waals surface area (Å²) in [6, 6.07) is 66.8. The molecule has 2 aromatic heterocycles. The molecule has 1 aliphatic carbocycles. The van der Waals surface area contributed by atoms with Crippen molar-refractivity contribution in [3.63, 3.8) is 0 Å². The first kappa shape index (κ1) is 32.2. The average Bonchev–Trinajstić information content (AvgIpc) is 3.80. The summed E-state index contributed by atoms with van der Waals surface area (Å²) in [5, 5.41) is 2.00. The molecule has 0 saturated heterocycles. The van der Waals surface area contributed by atoms with Gasteiger partial charge in [0.15, 0.2) is 17.5 Å². The summed E-state index contributed by atoms with van der Waals surface area (Å²) >= 11 is 1.87. The SMILES string of the molecule is c1ccc(-c2nc(-c3ccccc3)nc(-c3cccc4oc5ccc(-c6ccc7c(c6)C6(c8ccccc8Sc8ccccc86)c6ccccc6-7)cc5c34)n2)cc1. The van der Waals surface area contributed by atoms with Crippen molar-refractivity contribution in [2.45, 2.75) is 15.2 Å². The molecule has 3 heterocycles. The minimum Gasteiger partial charge on any atom is -0.456 e. The van der Waals surface area contributed by atoms with Gasteiger partial charge in [-0.25, -0.2) is 15.0 Å². The maximum atomic E-state index is 6.55. The monoisotopic (exact) mass is 745 g/mol. The summed E-state index contributed by atoms with van der Waals surface area (Å²) in [5.74, 6) is 1.86. The molecular formula is C52H31N3OS. The Bertz CT molecular complexity index is 3120. The Morgan fingerprint density at radius 1 is 0.368 bits per heavy atom. The molecule has 0 radical (unpaired) electrons. The molecule has 0 atom stereocenters. The van der Waals surface area contributed by atoms with Crippen LogP contribution < -0.4 is 0 Å². The van der Waals surface area contributed by atoms with Crippen LogP contribution in [-0.2, 0) is 5.41 Å². The second kappa shape index (κ2) is 12.5. The van der Waals surface area contributed by atoms with Gasteiger partial charge in [-0.3, -0.25) is 0 Å². The molecule has 12 rings (SSSR count). The van der Waals surface area contributed by atoms with E-state index in [4.69, 9.17) is 19.4 Å². The first-order valence-electron chi connectivity index (χ1n) is 19.2. The molecule has 1 aliphatic heterocycles. The smallest absolute Gasteiger partial charge is 0.164 e. The van der Waals surface area contributed by atoms with E-state index in [-0.39, 0.29) is 0 Å². The quantitative estimate of drug-likeness (QED) is 0.180. The number of hydrogen-bond donors (Lipinski definition) is 0. The number of fused-ring (bicyclic) bond motifs is 12. The molecule has 5 heteroatoms. The predicted molar refractivity (Wildman–Crippen MR) is 230 cm³/mol. The lowest BCUT2D eigenvalue weighted by atomic mass is 9.67. The van der Waals surface area contributed by atoms with E-state index in [0.29, 0.717) is 17.5 Å². The number of nitrogens with zero attached hydrogens (tertiary/aromatic N) is 3. The van der Waals surface area contributed by atoms with Gasteiger partial charge in [0.05, 0.1) is 5.41 Å². The van der Waals surface area contributed by atoms with Crippen LogP contribution in [0.2, 0.25) is 0 Å². The van der Waals surface area contributed by atoms with Crippen LogP contribution in [0.5, 0.6) is 0 Å². The largest absolute Gasteiger partial charge is 0.456 e. The molecule has 0 amide bonds. The Balaban J connectivity index is 1.07. The summed E-state index contributed by atoms with van der Waals surface area (Å²) in [5.41, 5.74) is 14.1. The molecule has 0 fully saturated rings. The van der Waals surface area contributed by atoms with Crippen molar-refractivity contribution in [3.8, 4) is 56.4 Å².